The third-order valence-electron chi connectivity index (χ3n) is 2.17. The summed E-state index contributed by atoms with van der Waals surface area (Å²) in [6.45, 7) is 1.05. The van der Waals surface area contributed by atoms with Crippen molar-refractivity contribution < 1.29 is 9.53 Å². The number of nitrogens with one attached hydrogen (secondary N) is 1. The van der Waals surface area contributed by atoms with Gasteiger partial charge in [0.05, 0.1) is 12.4 Å². The molecule has 0 saturated heterocycles. The number of amides is 1. The number of hydrogen-bond acceptors (Lipinski definition) is 3. The lowest BCUT2D eigenvalue weighted by Gasteiger charge is -2.07. The molecule has 1 aromatic rings. The van der Waals surface area contributed by atoms with Crippen LogP contribution in [0.25, 0.3) is 0 Å². The van der Waals surface area contributed by atoms with Crippen LogP contribution < -0.4 is 5.32 Å². The molecule has 0 radical (unpaired) electrons. The predicted molar refractivity (Wildman–Crippen MR) is 77.5 cm³/mol. The molecule has 100 valence electrons. The van der Waals surface area contributed by atoms with Gasteiger partial charge in [0, 0.05) is 29.5 Å². The molecule has 18 heavy (non-hydrogen) atoms. The van der Waals surface area contributed by atoms with Crippen molar-refractivity contribution in [2.45, 2.75) is 5.75 Å². The topological polar surface area (TPSA) is 38.3 Å². The maximum absolute atomic E-state index is 11.4. The quantitative estimate of drug-likeness (QED) is 0.787. The zero-order valence-corrected chi connectivity index (χ0v) is 12.4. The lowest BCUT2D eigenvalue weighted by molar-refractivity contribution is -0.118. The first-order valence-corrected chi connectivity index (χ1v) is 7.32. The van der Waals surface area contributed by atoms with Gasteiger partial charge in [-0.3, -0.25) is 4.79 Å². The van der Waals surface area contributed by atoms with Crippen molar-refractivity contribution in [3.8, 4) is 0 Å². The Bertz CT molecular complexity index is 381. The molecule has 0 aromatic heterocycles. The van der Waals surface area contributed by atoms with Crippen molar-refractivity contribution in [3.63, 3.8) is 0 Å². The Hall–Kier alpha value is -0.420. The molecule has 1 aromatic carbocycles. The van der Waals surface area contributed by atoms with Crippen molar-refractivity contribution in [3.05, 3.63) is 33.8 Å². The van der Waals surface area contributed by atoms with Crippen LogP contribution in [0.2, 0.25) is 10.0 Å². The van der Waals surface area contributed by atoms with E-state index in [0.717, 1.165) is 5.56 Å². The van der Waals surface area contributed by atoms with Gasteiger partial charge in [0.25, 0.3) is 0 Å². The van der Waals surface area contributed by atoms with Gasteiger partial charge in [0.15, 0.2) is 0 Å². The third kappa shape index (κ3) is 5.48. The Labute approximate surface area is 121 Å². The van der Waals surface area contributed by atoms with Crippen LogP contribution in [-0.4, -0.2) is 31.9 Å². The normalized spacial score (nSPS) is 10.4. The molecule has 0 aliphatic rings. The highest BCUT2D eigenvalue weighted by Gasteiger charge is 2.07. The molecule has 0 heterocycles. The minimum atomic E-state index is -0.0137. The first kappa shape index (κ1) is 15.6. The minimum Gasteiger partial charge on any atom is -0.383 e. The van der Waals surface area contributed by atoms with Crippen molar-refractivity contribution in [1.29, 1.82) is 0 Å². The molecule has 0 aliphatic heterocycles. The molecule has 0 saturated carbocycles. The Morgan fingerprint density at radius 1 is 1.39 bits per heavy atom. The molecule has 6 heteroatoms. The summed E-state index contributed by atoms with van der Waals surface area (Å²) in [6.07, 6.45) is 0. The van der Waals surface area contributed by atoms with Crippen LogP contribution in [0.15, 0.2) is 18.2 Å². The number of halogens is 2. The lowest BCUT2D eigenvalue weighted by Crippen LogP contribution is -2.28. The maximum Gasteiger partial charge on any atom is 0.230 e. The van der Waals surface area contributed by atoms with Gasteiger partial charge in [-0.15, -0.1) is 11.8 Å². The van der Waals surface area contributed by atoms with Gasteiger partial charge in [-0.2, -0.15) is 0 Å². The minimum absolute atomic E-state index is 0.0137. The average molecular weight is 308 g/mol. The van der Waals surface area contributed by atoms with Crippen LogP contribution in [0.3, 0.4) is 0 Å². The van der Waals surface area contributed by atoms with Crippen LogP contribution >= 0.6 is 35.0 Å². The summed E-state index contributed by atoms with van der Waals surface area (Å²) >= 11 is 13.5. The maximum atomic E-state index is 11.4. The van der Waals surface area contributed by atoms with Crippen molar-refractivity contribution in [2.75, 3.05) is 26.0 Å². The van der Waals surface area contributed by atoms with Crippen LogP contribution in [0.5, 0.6) is 0 Å². The predicted octanol–water partition coefficient (Wildman–Crippen LogP) is 2.99. The molecular formula is C12H15Cl2NO2S. The highest BCUT2D eigenvalue weighted by atomic mass is 35.5. The number of rotatable bonds is 7. The van der Waals surface area contributed by atoms with Crippen molar-refractivity contribution in [1.82, 2.24) is 5.32 Å². The number of thioether (sulfide) groups is 1. The van der Waals surface area contributed by atoms with E-state index in [1.165, 1.54) is 11.8 Å². The van der Waals surface area contributed by atoms with E-state index in [2.05, 4.69) is 5.32 Å². The zero-order chi connectivity index (χ0) is 13.4. The first-order valence-electron chi connectivity index (χ1n) is 5.41. The summed E-state index contributed by atoms with van der Waals surface area (Å²) in [4.78, 5) is 11.4. The standard InChI is InChI=1S/C12H15Cl2NO2S/c1-17-6-5-15-12(16)8-18-7-9-10(13)3-2-4-11(9)14/h2-4H,5-8H2,1H3,(H,15,16). The summed E-state index contributed by atoms with van der Waals surface area (Å²) in [7, 11) is 1.60. The van der Waals surface area contributed by atoms with E-state index in [0.29, 0.717) is 34.7 Å². The van der Waals surface area contributed by atoms with E-state index in [1.807, 2.05) is 0 Å². The Balaban J connectivity index is 2.31. The van der Waals surface area contributed by atoms with Gasteiger partial charge in [0.1, 0.15) is 0 Å². The summed E-state index contributed by atoms with van der Waals surface area (Å²) in [6, 6.07) is 5.39. The van der Waals surface area contributed by atoms with Crippen molar-refractivity contribution in [2.24, 2.45) is 0 Å². The van der Waals surface area contributed by atoms with Crippen LogP contribution in [-0.2, 0) is 15.3 Å². The van der Waals surface area contributed by atoms with Gasteiger partial charge in [0.2, 0.25) is 5.91 Å². The largest absolute Gasteiger partial charge is 0.383 e. The van der Waals surface area contributed by atoms with Crippen molar-refractivity contribution >= 4 is 40.9 Å². The molecule has 0 unspecified atom stereocenters. The fourth-order valence-electron chi connectivity index (χ4n) is 1.26. The van der Waals surface area contributed by atoms with Gasteiger partial charge in [-0.1, -0.05) is 29.3 Å². The van der Waals surface area contributed by atoms with Gasteiger partial charge in [-0.05, 0) is 17.7 Å². The van der Waals surface area contributed by atoms with E-state index in [1.54, 1.807) is 25.3 Å². The third-order valence-corrected chi connectivity index (χ3v) is 3.84. The number of carbonyl (C=O) groups excluding carboxylic acids is 1. The van der Waals surface area contributed by atoms with E-state index in [9.17, 15) is 4.79 Å². The first-order chi connectivity index (χ1) is 8.65. The van der Waals surface area contributed by atoms with E-state index in [4.69, 9.17) is 27.9 Å². The molecule has 3 nitrogen and oxygen atoms in total. The molecule has 0 fully saturated rings. The Kier molecular flexibility index (Phi) is 7.51. The zero-order valence-electron chi connectivity index (χ0n) is 10.0. The lowest BCUT2D eigenvalue weighted by atomic mass is 10.2. The number of methoxy groups -OCH3 is 1. The summed E-state index contributed by atoms with van der Waals surface area (Å²) < 4.78 is 4.84. The van der Waals surface area contributed by atoms with E-state index >= 15 is 0 Å². The molecule has 0 bridgehead atoms. The van der Waals surface area contributed by atoms with Gasteiger partial charge < -0.3 is 10.1 Å². The van der Waals surface area contributed by atoms with E-state index < -0.39 is 0 Å². The number of ether oxygens (including phenoxy) is 1. The monoisotopic (exact) mass is 307 g/mol. The van der Waals surface area contributed by atoms with Crippen LogP contribution in [0.1, 0.15) is 5.56 Å². The number of hydrogen-bond donors (Lipinski definition) is 1. The molecule has 1 rings (SSSR count). The smallest absolute Gasteiger partial charge is 0.230 e. The summed E-state index contributed by atoms with van der Waals surface area (Å²) in [5.41, 5.74) is 0.871. The second kappa shape index (κ2) is 8.64. The average Bonchev–Trinajstić information content (AvgIpc) is 2.33. The molecule has 0 atom stereocenters. The second-order valence-corrected chi connectivity index (χ2v) is 5.34. The number of carbonyl (C=O) groups is 1. The summed E-state index contributed by atoms with van der Waals surface area (Å²) in [5, 5.41) is 4.02. The molecule has 1 N–H and O–H groups in total. The molecular weight excluding hydrogens is 293 g/mol. The van der Waals surface area contributed by atoms with Gasteiger partial charge in [-0.25, -0.2) is 0 Å². The fourth-order valence-corrected chi connectivity index (χ4v) is 2.85. The highest BCUT2D eigenvalue weighted by molar-refractivity contribution is 7.99. The highest BCUT2D eigenvalue weighted by Crippen LogP contribution is 2.27. The van der Waals surface area contributed by atoms with Crippen LogP contribution in [0, 0.1) is 0 Å². The Morgan fingerprint density at radius 3 is 2.67 bits per heavy atom. The molecule has 1 amide bonds. The molecule has 0 aliphatic carbocycles. The van der Waals surface area contributed by atoms with Gasteiger partial charge >= 0.3 is 0 Å². The van der Waals surface area contributed by atoms with Crippen LogP contribution in [0.4, 0.5) is 0 Å². The Morgan fingerprint density at radius 2 is 2.06 bits per heavy atom. The second-order valence-electron chi connectivity index (χ2n) is 3.54. The molecule has 0 spiro atoms. The van der Waals surface area contributed by atoms with E-state index in [-0.39, 0.29) is 5.91 Å². The summed E-state index contributed by atoms with van der Waals surface area (Å²) in [5.74, 6) is 0.988. The number of benzene rings is 1. The SMILES string of the molecule is COCCNC(=O)CSCc1c(Cl)cccc1Cl. The fraction of sp³-hybridized carbons (Fsp3) is 0.417.